The first kappa shape index (κ1) is 13.9. The summed E-state index contributed by atoms with van der Waals surface area (Å²) in [6.07, 6.45) is 0.950. The summed E-state index contributed by atoms with van der Waals surface area (Å²) < 4.78 is 6.42. The van der Waals surface area contributed by atoms with Crippen LogP contribution in [0, 0.1) is 11.3 Å². The number of nitrogens with one attached hydrogen (secondary N) is 1. The molecule has 1 aromatic heterocycles. The first-order valence-corrected chi connectivity index (χ1v) is 6.93. The van der Waals surface area contributed by atoms with Gasteiger partial charge in [0.15, 0.2) is 0 Å². The molecule has 1 aromatic carbocycles. The zero-order chi connectivity index (χ0) is 13.7. The first-order valence-electron chi connectivity index (χ1n) is 6.14. The molecule has 2 rings (SSSR count). The van der Waals surface area contributed by atoms with Gasteiger partial charge in [0.25, 0.3) is 0 Å². The van der Waals surface area contributed by atoms with Gasteiger partial charge in [0, 0.05) is 10.5 Å². The lowest BCUT2D eigenvalue weighted by atomic mass is 10.1. The van der Waals surface area contributed by atoms with Crippen molar-refractivity contribution in [2.45, 2.75) is 25.9 Å². The minimum absolute atomic E-state index is 0.338. The van der Waals surface area contributed by atoms with Gasteiger partial charge in [-0.3, -0.25) is 0 Å². The lowest BCUT2D eigenvalue weighted by molar-refractivity contribution is 0.447. The molecule has 0 aliphatic carbocycles. The Morgan fingerprint density at radius 2 is 2.21 bits per heavy atom. The van der Waals surface area contributed by atoms with Crippen LogP contribution in [0.5, 0.6) is 0 Å². The topological polar surface area (TPSA) is 49.0 Å². The Morgan fingerprint density at radius 3 is 2.89 bits per heavy atom. The Bertz CT molecular complexity index is 586. The Balaban J connectivity index is 1.84. The molecular formula is C15H15BrN2O. The summed E-state index contributed by atoms with van der Waals surface area (Å²) >= 11 is 3.47. The minimum Gasteiger partial charge on any atom is -0.449 e. The van der Waals surface area contributed by atoms with E-state index in [1.807, 2.05) is 24.3 Å². The summed E-state index contributed by atoms with van der Waals surface area (Å²) in [6, 6.07) is 14.1. The third-order valence-corrected chi connectivity index (χ3v) is 3.32. The average molecular weight is 319 g/mol. The van der Waals surface area contributed by atoms with Crippen molar-refractivity contribution in [3.63, 3.8) is 0 Å². The molecule has 0 aliphatic rings. The van der Waals surface area contributed by atoms with Crippen molar-refractivity contribution in [2.75, 3.05) is 0 Å². The third-order valence-electron chi connectivity index (χ3n) is 2.83. The lowest BCUT2D eigenvalue weighted by Gasteiger charge is -2.13. The highest BCUT2D eigenvalue weighted by atomic mass is 79.9. The van der Waals surface area contributed by atoms with Crippen LogP contribution in [0.2, 0.25) is 0 Å². The predicted molar refractivity (Wildman–Crippen MR) is 77.6 cm³/mol. The molecule has 98 valence electrons. The van der Waals surface area contributed by atoms with Gasteiger partial charge in [-0.05, 0) is 43.2 Å². The Kier molecular flexibility index (Phi) is 4.78. The van der Waals surface area contributed by atoms with Gasteiger partial charge in [0.1, 0.15) is 11.8 Å². The van der Waals surface area contributed by atoms with Gasteiger partial charge in [0.05, 0.1) is 6.54 Å². The quantitative estimate of drug-likeness (QED) is 0.915. The maximum absolute atomic E-state index is 8.68. The zero-order valence-electron chi connectivity index (χ0n) is 10.7. The van der Waals surface area contributed by atoms with Crippen molar-refractivity contribution in [1.29, 1.82) is 5.26 Å². The van der Waals surface area contributed by atoms with E-state index in [1.165, 1.54) is 5.56 Å². The highest BCUT2D eigenvalue weighted by Crippen LogP contribution is 2.13. The zero-order valence-corrected chi connectivity index (χ0v) is 12.3. The van der Waals surface area contributed by atoms with E-state index in [0.29, 0.717) is 18.3 Å². The molecule has 2 aromatic rings. The largest absolute Gasteiger partial charge is 0.449 e. The van der Waals surface area contributed by atoms with Gasteiger partial charge in [-0.1, -0.05) is 28.1 Å². The van der Waals surface area contributed by atoms with Crippen LogP contribution in [-0.2, 0) is 13.0 Å². The fraction of sp³-hybridized carbons (Fsp3) is 0.267. The number of halogens is 1. The number of nitriles is 1. The predicted octanol–water partition coefficient (Wildman–Crippen LogP) is 3.63. The van der Waals surface area contributed by atoms with Crippen LogP contribution in [-0.4, -0.2) is 6.04 Å². The van der Waals surface area contributed by atoms with Crippen molar-refractivity contribution in [3.8, 4) is 6.07 Å². The molecule has 1 heterocycles. The first-order chi connectivity index (χ1) is 9.17. The van der Waals surface area contributed by atoms with Gasteiger partial charge >= 0.3 is 0 Å². The van der Waals surface area contributed by atoms with E-state index < -0.39 is 0 Å². The molecule has 0 saturated heterocycles. The molecule has 0 bridgehead atoms. The molecule has 3 nitrogen and oxygen atoms in total. The Labute approximate surface area is 121 Å². The fourth-order valence-electron chi connectivity index (χ4n) is 1.90. The molecule has 0 saturated carbocycles. The van der Waals surface area contributed by atoms with Crippen LogP contribution in [0.15, 0.2) is 45.3 Å². The maximum atomic E-state index is 8.68. The number of hydrogen-bond acceptors (Lipinski definition) is 3. The molecular weight excluding hydrogens is 304 g/mol. The van der Waals surface area contributed by atoms with Crippen molar-refractivity contribution in [1.82, 2.24) is 5.32 Å². The fourth-order valence-corrected chi connectivity index (χ4v) is 2.34. The molecule has 0 radical (unpaired) electrons. The molecule has 1 atom stereocenters. The second kappa shape index (κ2) is 6.55. The summed E-state index contributed by atoms with van der Waals surface area (Å²) in [5, 5.41) is 12.1. The van der Waals surface area contributed by atoms with E-state index >= 15 is 0 Å². The number of furan rings is 1. The molecule has 19 heavy (non-hydrogen) atoms. The number of rotatable bonds is 5. The summed E-state index contributed by atoms with van der Waals surface area (Å²) in [5.41, 5.74) is 1.28. The second-order valence-electron chi connectivity index (χ2n) is 4.49. The standard InChI is InChI=1S/C15H15BrN2O/c1-11(7-12-3-2-4-13(16)8-12)18-10-15-6-5-14(9-17)19-15/h2-6,8,11,18H,7,10H2,1H3. The lowest BCUT2D eigenvalue weighted by Crippen LogP contribution is -2.27. The normalized spacial score (nSPS) is 12.1. The van der Waals surface area contributed by atoms with Gasteiger partial charge in [0.2, 0.25) is 5.76 Å². The molecule has 0 aliphatic heterocycles. The van der Waals surface area contributed by atoms with Crippen LogP contribution < -0.4 is 5.32 Å². The number of hydrogen-bond donors (Lipinski definition) is 1. The monoisotopic (exact) mass is 318 g/mol. The van der Waals surface area contributed by atoms with Crippen LogP contribution in [0.25, 0.3) is 0 Å². The molecule has 0 fully saturated rings. The highest BCUT2D eigenvalue weighted by molar-refractivity contribution is 9.10. The summed E-state index contributed by atoms with van der Waals surface area (Å²) in [4.78, 5) is 0. The molecule has 0 spiro atoms. The van der Waals surface area contributed by atoms with Crippen molar-refractivity contribution < 1.29 is 4.42 Å². The van der Waals surface area contributed by atoms with E-state index in [2.05, 4.69) is 40.3 Å². The van der Waals surface area contributed by atoms with Gasteiger partial charge < -0.3 is 9.73 Å². The molecule has 4 heteroatoms. The van der Waals surface area contributed by atoms with E-state index in [0.717, 1.165) is 16.7 Å². The van der Waals surface area contributed by atoms with E-state index in [4.69, 9.17) is 9.68 Å². The van der Waals surface area contributed by atoms with Crippen LogP contribution in [0.3, 0.4) is 0 Å². The second-order valence-corrected chi connectivity index (χ2v) is 5.41. The number of nitrogens with zero attached hydrogens (tertiary/aromatic N) is 1. The molecule has 1 N–H and O–H groups in total. The summed E-state index contributed by atoms with van der Waals surface area (Å²) in [5.74, 6) is 1.15. The van der Waals surface area contributed by atoms with Crippen molar-refractivity contribution >= 4 is 15.9 Å². The smallest absolute Gasteiger partial charge is 0.203 e. The molecule has 0 amide bonds. The number of benzene rings is 1. The summed E-state index contributed by atoms with van der Waals surface area (Å²) in [7, 11) is 0. The van der Waals surface area contributed by atoms with E-state index in [1.54, 1.807) is 6.07 Å². The SMILES string of the molecule is CC(Cc1cccc(Br)c1)NCc1ccc(C#N)o1. The Morgan fingerprint density at radius 1 is 1.37 bits per heavy atom. The molecule has 1 unspecified atom stereocenters. The van der Waals surface area contributed by atoms with E-state index in [-0.39, 0.29) is 0 Å². The van der Waals surface area contributed by atoms with Gasteiger partial charge in [-0.15, -0.1) is 0 Å². The van der Waals surface area contributed by atoms with Gasteiger partial charge in [-0.25, -0.2) is 0 Å². The third kappa shape index (κ3) is 4.23. The maximum Gasteiger partial charge on any atom is 0.203 e. The average Bonchev–Trinajstić information content (AvgIpc) is 2.84. The highest BCUT2D eigenvalue weighted by Gasteiger charge is 2.06. The van der Waals surface area contributed by atoms with E-state index in [9.17, 15) is 0 Å². The van der Waals surface area contributed by atoms with Crippen molar-refractivity contribution in [2.24, 2.45) is 0 Å². The summed E-state index contributed by atoms with van der Waals surface area (Å²) in [6.45, 7) is 2.77. The van der Waals surface area contributed by atoms with Crippen LogP contribution in [0.4, 0.5) is 0 Å². The van der Waals surface area contributed by atoms with Gasteiger partial charge in [-0.2, -0.15) is 5.26 Å². The van der Waals surface area contributed by atoms with Crippen molar-refractivity contribution in [3.05, 3.63) is 58.0 Å². The minimum atomic E-state index is 0.338. The Hall–Kier alpha value is -1.57. The van der Waals surface area contributed by atoms with Crippen LogP contribution in [0.1, 0.15) is 24.0 Å². The van der Waals surface area contributed by atoms with Crippen LogP contribution >= 0.6 is 15.9 Å².